The number of pyridine rings is 1. The summed E-state index contributed by atoms with van der Waals surface area (Å²) in [4.78, 5) is 4.10. The lowest BCUT2D eigenvalue weighted by molar-refractivity contribution is 0.741. The molecule has 72 valence electrons. The number of hydrogen-bond donors (Lipinski definition) is 1. The maximum atomic E-state index is 5.80. The van der Waals surface area contributed by atoms with Gasteiger partial charge < -0.3 is 5.73 Å². The fourth-order valence-corrected chi connectivity index (χ4v) is 1.71. The number of nitrogens with two attached hydrogens (primary N) is 1. The third kappa shape index (κ3) is 1.75. The highest BCUT2D eigenvalue weighted by Crippen LogP contribution is 2.18. The minimum atomic E-state index is 0.203. The number of nitrogens with zero attached hydrogens (tertiary/aromatic N) is 1. The van der Waals surface area contributed by atoms with Crippen LogP contribution in [-0.2, 0) is 6.42 Å². The van der Waals surface area contributed by atoms with Gasteiger partial charge in [0.05, 0.1) is 0 Å². The molecule has 0 radical (unpaired) electrons. The van der Waals surface area contributed by atoms with E-state index in [0.717, 1.165) is 6.42 Å². The van der Waals surface area contributed by atoms with Crippen molar-refractivity contribution in [3.63, 3.8) is 0 Å². The Hall–Kier alpha value is -1.41. The van der Waals surface area contributed by atoms with Crippen LogP contribution in [0, 0.1) is 0 Å². The highest BCUT2D eigenvalue weighted by Gasteiger charge is 2.02. The van der Waals surface area contributed by atoms with Gasteiger partial charge in [0.15, 0.2) is 0 Å². The van der Waals surface area contributed by atoms with Crippen LogP contribution in [0.1, 0.15) is 12.5 Å². The van der Waals surface area contributed by atoms with Gasteiger partial charge in [0.2, 0.25) is 0 Å². The Bertz CT molecular complexity index is 430. The Morgan fingerprint density at radius 3 is 3.00 bits per heavy atom. The minimum absolute atomic E-state index is 0.203. The van der Waals surface area contributed by atoms with Gasteiger partial charge in [-0.3, -0.25) is 4.98 Å². The van der Waals surface area contributed by atoms with Crippen LogP contribution in [0.3, 0.4) is 0 Å². The van der Waals surface area contributed by atoms with Crippen molar-refractivity contribution in [2.45, 2.75) is 19.4 Å². The van der Waals surface area contributed by atoms with Crippen molar-refractivity contribution in [1.82, 2.24) is 4.98 Å². The first-order chi connectivity index (χ1) is 6.77. The Morgan fingerprint density at radius 1 is 1.36 bits per heavy atom. The summed E-state index contributed by atoms with van der Waals surface area (Å²) in [5.41, 5.74) is 7.11. The molecule has 1 aromatic carbocycles. The molecule has 14 heavy (non-hydrogen) atoms. The largest absolute Gasteiger partial charge is 0.328 e. The van der Waals surface area contributed by atoms with Crippen LogP contribution < -0.4 is 5.73 Å². The number of hydrogen-bond acceptors (Lipinski definition) is 2. The SMILES string of the molecule is CC(N)Cc1cccc2cnccc12. The third-order valence-electron chi connectivity index (χ3n) is 2.31. The van der Waals surface area contributed by atoms with Crippen LogP contribution in [-0.4, -0.2) is 11.0 Å². The molecule has 0 aliphatic rings. The summed E-state index contributed by atoms with van der Waals surface area (Å²) in [6.07, 6.45) is 4.63. The normalized spacial score (nSPS) is 13.0. The summed E-state index contributed by atoms with van der Waals surface area (Å²) in [5, 5.41) is 2.45. The van der Waals surface area contributed by atoms with E-state index in [1.54, 1.807) is 0 Å². The van der Waals surface area contributed by atoms with Gasteiger partial charge >= 0.3 is 0 Å². The first kappa shape index (κ1) is 9.16. The zero-order valence-electron chi connectivity index (χ0n) is 8.27. The molecular weight excluding hydrogens is 172 g/mol. The average Bonchev–Trinajstić information content (AvgIpc) is 2.18. The molecule has 0 amide bonds. The molecule has 0 bridgehead atoms. The van der Waals surface area contributed by atoms with Crippen LogP contribution in [0.15, 0.2) is 36.7 Å². The highest BCUT2D eigenvalue weighted by molar-refractivity contribution is 5.84. The zero-order valence-corrected chi connectivity index (χ0v) is 8.27. The fourth-order valence-electron chi connectivity index (χ4n) is 1.71. The second-order valence-corrected chi connectivity index (χ2v) is 3.70. The van der Waals surface area contributed by atoms with E-state index in [1.165, 1.54) is 16.3 Å². The summed E-state index contributed by atoms with van der Waals surface area (Å²) in [5.74, 6) is 0. The molecule has 1 unspecified atom stereocenters. The van der Waals surface area contributed by atoms with E-state index in [9.17, 15) is 0 Å². The first-order valence-corrected chi connectivity index (χ1v) is 4.84. The Kier molecular flexibility index (Phi) is 2.46. The van der Waals surface area contributed by atoms with Gasteiger partial charge in [0, 0.05) is 23.8 Å². The van der Waals surface area contributed by atoms with Crippen LogP contribution in [0.2, 0.25) is 0 Å². The van der Waals surface area contributed by atoms with Crippen molar-refractivity contribution in [3.05, 3.63) is 42.2 Å². The first-order valence-electron chi connectivity index (χ1n) is 4.84. The molecule has 2 heteroatoms. The van der Waals surface area contributed by atoms with E-state index in [-0.39, 0.29) is 6.04 Å². The van der Waals surface area contributed by atoms with Crippen molar-refractivity contribution < 1.29 is 0 Å². The zero-order chi connectivity index (χ0) is 9.97. The molecule has 2 nitrogen and oxygen atoms in total. The minimum Gasteiger partial charge on any atom is -0.328 e. The molecule has 0 saturated carbocycles. The molecule has 0 fully saturated rings. The van der Waals surface area contributed by atoms with Gasteiger partial charge in [-0.1, -0.05) is 18.2 Å². The molecule has 1 heterocycles. The molecule has 0 aliphatic carbocycles. The lowest BCUT2D eigenvalue weighted by Gasteiger charge is -2.08. The topological polar surface area (TPSA) is 38.9 Å². The van der Waals surface area contributed by atoms with Gasteiger partial charge in [-0.2, -0.15) is 0 Å². The molecule has 1 atom stereocenters. The molecule has 0 saturated heterocycles. The molecule has 2 N–H and O–H groups in total. The van der Waals surface area contributed by atoms with E-state index < -0.39 is 0 Å². The lowest BCUT2D eigenvalue weighted by atomic mass is 10.0. The predicted octanol–water partition coefficient (Wildman–Crippen LogP) is 2.12. The molecule has 2 rings (SSSR count). The van der Waals surface area contributed by atoms with Crippen LogP contribution in [0.25, 0.3) is 10.8 Å². The summed E-state index contributed by atoms with van der Waals surface area (Å²) >= 11 is 0. The summed E-state index contributed by atoms with van der Waals surface area (Å²) in [6, 6.07) is 8.52. The second-order valence-electron chi connectivity index (χ2n) is 3.70. The Labute approximate surface area is 83.8 Å². The van der Waals surface area contributed by atoms with E-state index in [2.05, 4.69) is 23.2 Å². The maximum Gasteiger partial charge on any atom is 0.0346 e. The van der Waals surface area contributed by atoms with Crippen LogP contribution in [0.5, 0.6) is 0 Å². The number of fused-ring (bicyclic) bond motifs is 1. The van der Waals surface area contributed by atoms with E-state index in [4.69, 9.17) is 5.73 Å². The van der Waals surface area contributed by atoms with E-state index in [0.29, 0.717) is 0 Å². The van der Waals surface area contributed by atoms with Gasteiger partial charge in [0.25, 0.3) is 0 Å². The van der Waals surface area contributed by atoms with E-state index >= 15 is 0 Å². The van der Waals surface area contributed by atoms with Gasteiger partial charge in [-0.05, 0) is 30.4 Å². The summed E-state index contributed by atoms with van der Waals surface area (Å²) in [7, 11) is 0. The summed E-state index contributed by atoms with van der Waals surface area (Å²) < 4.78 is 0. The van der Waals surface area contributed by atoms with E-state index in [1.807, 2.05) is 25.4 Å². The lowest BCUT2D eigenvalue weighted by Crippen LogP contribution is -2.17. The van der Waals surface area contributed by atoms with Crippen molar-refractivity contribution in [2.75, 3.05) is 0 Å². The van der Waals surface area contributed by atoms with Crippen LogP contribution >= 0.6 is 0 Å². The smallest absolute Gasteiger partial charge is 0.0346 e. The summed E-state index contributed by atoms with van der Waals surface area (Å²) in [6.45, 7) is 2.03. The molecular formula is C12H14N2. The quantitative estimate of drug-likeness (QED) is 0.780. The Morgan fingerprint density at radius 2 is 2.21 bits per heavy atom. The standard InChI is InChI=1S/C12H14N2/c1-9(13)7-10-3-2-4-11-8-14-6-5-12(10)11/h2-6,8-9H,7,13H2,1H3. The molecule has 1 aromatic heterocycles. The number of rotatable bonds is 2. The number of aromatic nitrogens is 1. The van der Waals surface area contributed by atoms with Gasteiger partial charge in [-0.15, -0.1) is 0 Å². The van der Waals surface area contributed by atoms with Crippen molar-refractivity contribution >= 4 is 10.8 Å². The highest BCUT2D eigenvalue weighted by atomic mass is 14.6. The monoisotopic (exact) mass is 186 g/mol. The maximum absolute atomic E-state index is 5.80. The van der Waals surface area contributed by atoms with Gasteiger partial charge in [0.1, 0.15) is 0 Å². The van der Waals surface area contributed by atoms with Crippen molar-refractivity contribution in [1.29, 1.82) is 0 Å². The third-order valence-corrected chi connectivity index (χ3v) is 2.31. The van der Waals surface area contributed by atoms with Gasteiger partial charge in [-0.25, -0.2) is 0 Å². The Balaban J connectivity index is 2.53. The fraction of sp³-hybridized carbons (Fsp3) is 0.250. The number of benzene rings is 1. The molecule has 0 spiro atoms. The van der Waals surface area contributed by atoms with Crippen LogP contribution in [0.4, 0.5) is 0 Å². The molecule has 0 aliphatic heterocycles. The molecule has 2 aromatic rings. The second kappa shape index (κ2) is 3.76. The van der Waals surface area contributed by atoms with Crippen molar-refractivity contribution in [3.8, 4) is 0 Å². The average molecular weight is 186 g/mol. The van der Waals surface area contributed by atoms with Crippen molar-refractivity contribution in [2.24, 2.45) is 5.73 Å². The predicted molar refractivity (Wildman–Crippen MR) is 59.1 cm³/mol.